The SMILES string of the molecule is COC(=O)c1[nH]c2c(C=O)c(OC)cc(OC)c2c1C(=O)OC. The van der Waals surface area contributed by atoms with Gasteiger partial charge in [-0.3, -0.25) is 4.79 Å². The Morgan fingerprint density at radius 3 is 2.09 bits per heavy atom. The summed E-state index contributed by atoms with van der Waals surface area (Å²) < 4.78 is 19.8. The van der Waals surface area contributed by atoms with Crippen LogP contribution in [-0.4, -0.2) is 51.6 Å². The van der Waals surface area contributed by atoms with E-state index in [1.807, 2.05) is 0 Å². The number of aldehydes is 1. The highest BCUT2D eigenvalue weighted by atomic mass is 16.5. The van der Waals surface area contributed by atoms with Crippen LogP contribution in [0.5, 0.6) is 11.5 Å². The Morgan fingerprint density at radius 2 is 1.61 bits per heavy atom. The van der Waals surface area contributed by atoms with Gasteiger partial charge in [0.2, 0.25) is 0 Å². The van der Waals surface area contributed by atoms with Gasteiger partial charge in [-0.05, 0) is 0 Å². The lowest BCUT2D eigenvalue weighted by atomic mass is 10.1. The van der Waals surface area contributed by atoms with Crippen LogP contribution in [0.25, 0.3) is 10.9 Å². The number of aromatic nitrogens is 1. The molecule has 0 saturated carbocycles. The first-order valence-electron chi connectivity index (χ1n) is 6.46. The number of rotatable bonds is 5. The summed E-state index contributed by atoms with van der Waals surface area (Å²) in [6, 6.07) is 1.45. The second kappa shape index (κ2) is 6.39. The van der Waals surface area contributed by atoms with E-state index >= 15 is 0 Å². The molecule has 1 aromatic carbocycles. The first kappa shape index (κ1) is 16.3. The molecule has 23 heavy (non-hydrogen) atoms. The summed E-state index contributed by atoms with van der Waals surface area (Å²) >= 11 is 0. The van der Waals surface area contributed by atoms with Gasteiger partial charge in [-0.25, -0.2) is 9.59 Å². The molecular weight excluding hydrogens is 306 g/mol. The van der Waals surface area contributed by atoms with Crippen molar-refractivity contribution >= 4 is 29.1 Å². The minimum Gasteiger partial charge on any atom is -0.496 e. The minimum absolute atomic E-state index is 0.0723. The summed E-state index contributed by atoms with van der Waals surface area (Å²) in [4.78, 5) is 38.2. The van der Waals surface area contributed by atoms with Crippen LogP contribution in [0.2, 0.25) is 0 Å². The monoisotopic (exact) mass is 321 g/mol. The molecule has 0 radical (unpaired) electrons. The van der Waals surface area contributed by atoms with Crippen molar-refractivity contribution in [2.75, 3.05) is 28.4 Å². The third-order valence-corrected chi connectivity index (χ3v) is 3.38. The van der Waals surface area contributed by atoms with Crippen LogP contribution >= 0.6 is 0 Å². The van der Waals surface area contributed by atoms with Gasteiger partial charge in [-0.15, -0.1) is 0 Å². The highest BCUT2D eigenvalue weighted by Crippen LogP contribution is 2.38. The van der Waals surface area contributed by atoms with Gasteiger partial charge in [0.05, 0.1) is 44.9 Å². The van der Waals surface area contributed by atoms with Gasteiger partial charge < -0.3 is 23.9 Å². The standard InChI is InChI=1S/C15H15NO7/c1-20-8-5-9(21-2)10-11(14(18)22-3)13(15(19)23-4)16-12(10)7(8)6-17/h5-6,16H,1-4H3. The zero-order chi connectivity index (χ0) is 17.1. The van der Waals surface area contributed by atoms with E-state index in [0.717, 1.165) is 0 Å². The number of carbonyl (C=O) groups is 3. The van der Waals surface area contributed by atoms with Gasteiger partial charge in [0.1, 0.15) is 22.8 Å². The number of nitrogens with one attached hydrogen (secondary N) is 1. The van der Waals surface area contributed by atoms with Crippen LogP contribution in [0.15, 0.2) is 6.07 Å². The number of esters is 2. The van der Waals surface area contributed by atoms with Crippen molar-refractivity contribution in [3.05, 3.63) is 22.9 Å². The minimum atomic E-state index is -0.778. The summed E-state index contributed by atoms with van der Waals surface area (Å²) in [5.41, 5.74) is 0.154. The molecule has 0 saturated heterocycles. The third kappa shape index (κ3) is 2.48. The van der Waals surface area contributed by atoms with E-state index in [9.17, 15) is 14.4 Å². The summed E-state index contributed by atoms with van der Waals surface area (Å²) in [5.74, 6) is -1.07. The Balaban J connectivity index is 3.01. The maximum Gasteiger partial charge on any atom is 0.355 e. The molecule has 2 rings (SSSR count). The quantitative estimate of drug-likeness (QED) is 0.658. The van der Waals surface area contributed by atoms with Gasteiger partial charge in [-0.1, -0.05) is 0 Å². The third-order valence-electron chi connectivity index (χ3n) is 3.38. The maximum absolute atomic E-state index is 12.1. The Bertz CT molecular complexity index is 791. The van der Waals surface area contributed by atoms with Crippen molar-refractivity contribution in [1.29, 1.82) is 0 Å². The molecule has 0 aliphatic carbocycles. The first-order valence-corrected chi connectivity index (χ1v) is 6.46. The van der Waals surface area contributed by atoms with Gasteiger partial charge in [0, 0.05) is 6.07 Å². The average Bonchev–Trinajstić information content (AvgIpc) is 2.98. The highest BCUT2D eigenvalue weighted by Gasteiger charge is 2.29. The lowest BCUT2D eigenvalue weighted by Crippen LogP contribution is -2.10. The Labute approximate surface area is 131 Å². The molecule has 0 aliphatic rings. The summed E-state index contributed by atoms with van der Waals surface area (Å²) in [6.07, 6.45) is 0.555. The molecule has 1 heterocycles. The number of methoxy groups -OCH3 is 4. The van der Waals surface area contributed by atoms with E-state index in [-0.39, 0.29) is 39.2 Å². The molecule has 1 N–H and O–H groups in total. The molecule has 2 aromatic rings. The normalized spacial score (nSPS) is 10.3. The van der Waals surface area contributed by atoms with Crippen LogP contribution in [0.1, 0.15) is 31.2 Å². The van der Waals surface area contributed by atoms with Crippen LogP contribution in [0.3, 0.4) is 0 Å². The van der Waals surface area contributed by atoms with Crippen molar-refractivity contribution in [1.82, 2.24) is 4.98 Å². The largest absolute Gasteiger partial charge is 0.496 e. The topological polar surface area (TPSA) is 104 Å². The fraction of sp³-hybridized carbons (Fsp3) is 0.267. The summed E-state index contributed by atoms with van der Waals surface area (Å²) in [6.45, 7) is 0. The lowest BCUT2D eigenvalue weighted by Gasteiger charge is -2.10. The molecule has 0 aliphatic heterocycles. The van der Waals surface area contributed by atoms with Gasteiger partial charge in [0.15, 0.2) is 6.29 Å². The highest BCUT2D eigenvalue weighted by molar-refractivity contribution is 6.17. The van der Waals surface area contributed by atoms with Gasteiger partial charge in [0.25, 0.3) is 0 Å². The predicted octanol–water partition coefficient (Wildman–Crippen LogP) is 1.57. The zero-order valence-electron chi connectivity index (χ0n) is 13.0. The summed E-state index contributed by atoms with van der Waals surface area (Å²) in [7, 11) is 5.13. The molecule has 0 amide bonds. The lowest BCUT2D eigenvalue weighted by molar-refractivity contribution is 0.0553. The van der Waals surface area contributed by atoms with Crippen LogP contribution in [0.4, 0.5) is 0 Å². The molecule has 122 valence electrons. The fourth-order valence-corrected chi connectivity index (χ4v) is 2.35. The fourth-order valence-electron chi connectivity index (χ4n) is 2.35. The van der Waals surface area contributed by atoms with Crippen LogP contribution in [-0.2, 0) is 9.47 Å². The molecule has 1 aromatic heterocycles. The first-order chi connectivity index (χ1) is 11.0. The van der Waals surface area contributed by atoms with Gasteiger partial charge >= 0.3 is 11.9 Å². The van der Waals surface area contributed by atoms with Crippen molar-refractivity contribution < 1.29 is 33.3 Å². The van der Waals surface area contributed by atoms with Crippen molar-refractivity contribution in [3.8, 4) is 11.5 Å². The second-order valence-corrected chi connectivity index (χ2v) is 4.42. The molecular formula is C15H15NO7. The molecule has 0 fully saturated rings. The number of hydrogen-bond donors (Lipinski definition) is 1. The Kier molecular flexibility index (Phi) is 4.54. The smallest absolute Gasteiger partial charge is 0.355 e. The van der Waals surface area contributed by atoms with E-state index in [4.69, 9.17) is 14.2 Å². The average molecular weight is 321 g/mol. The number of ether oxygens (including phenoxy) is 4. The van der Waals surface area contributed by atoms with E-state index in [1.165, 1.54) is 34.5 Å². The van der Waals surface area contributed by atoms with E-state index < -0.39 is 11.9 Å². The molecule has 0 unspecified atom stereocenters. The van der Waals surface area contributed by atoms with Crippen molar-refractivity contribution in [3.63, 3.8) is 0 Å². The number of fused-ring (bicyclic) bond motifs is 1. The Morgan fingerprint density at radius 1 is 1.00 bits per heavy atom. The number of benzene rings is 1. The molecule has 0 atom stereocenters. The zero-order valence-corrected chi connectivity index (χ0v) is 13.0. The van der Waals surface area contributed by atoms with E-state index in [1.54, 1.807) is 0 Å². The molecule has 8 nitrogen and oxygen atoms in total. The molecule has 0 spiro atoms. The van der Waals surface area contributed by atoms with Crippen LogP contribution in [0, 0.1) is 0 Å². The van der Waals surface area contributed by atoms with Crippen LogP contribution < -0.4 is 9.47 Å². The maximum atomic E-state index is 12.1. The van der Waals surface area contributed by atoms with Gasteiger partial charge in [-0.2, -0.15) is 0 Å². The summed E-state index contributed by atoms with van der Waals surface area (Å²) in [5, 5.41) is 0.239. The predicted molar refractivity (Wildman–Crippen MR) is 79.5 cm³/mol. The van der Waals surface area contributed by atoms with Crippen molar-refractivity contribution in [2.45, 2.75) is 0 Å². The molecule has 0 bridgehead atoms. The van der Waals surface area contributed by atoms with E-state index in [0.29, 0.717) is 6.29 Å². The number of H-pyrrole nitrogens is 1. The second-order valence-electron chi connectivity index (χ2n) is 4.42. The van der Waals surface area contributed by atoms with E-state index in [2.05, 4.69) is 9.72 Å². The Hall–Kier alpha value is -3.03. The number of carbonyl (C=O) groups excluding carboxylic acids is 3. The molecule has 8 heteroatoms. The number of aromatic amines is 1. The number of hydrogen-bond acceptors (Lipinski definition) is 7. The van der Waals surface area contributed by atoms with Crippen molar-refractivity contribution in [2.24, 2.45) is 0 Å².